The SMILES string of the molecule is C[C@@H](Nc1nn(C)c(=O)c2cc(=O)n(C3(C(F)F)CC3)cc12)c1cccc(C(F)(F)F)c1F. The zero-order valence-corrected chi connectivity index (χ0v) is 17.4. The summed E-state index contributed by atoms with van der Waals surface area (Å²) in [6.45, 7) is 1.38. The van der Waals surface area contributed by atoms with Crippen molar-refractivity contribution in [3.63, 3.8) is 0 Å². The third kappa shape index (κ3) is 3.76. The fourth-order valence-corrected chi connectivity index (χ4v) is 3.86. The van der Waals surface area contributed by atoms with E-state index in [4.69, 9.17) is 0 Å². The van der Waals surface area contributed by atoms with E-state index in [0.717, 1.165) is 33.6 Å². The van der Waals surface area contributed by atoms with E-state index in [1.54, 1.807) is 0 Å². The van der Waals surface area contributed by atoms with Crippen molar-refractivity contribution >= 4 is 16.6 Å². The van der Waals surface area contributed by atoms with E-state index in [0.29, 0.717) is 6.07 Å². The van der Waals surface area contributed by atoms with Crippen LogP contribution in [0, 0.1) is 5.82 Å². The number of hydrogen-bond acceptors (Lipinski definition) is 4. The smallest absolute Gasteiger partial charge is 0.361 e. The largest absolute Gasteiger partial charge is 0.419 e. The summed E-state index contributed by atoms with van der Waals surface area (Å²) in [6.07, 6.45) is -6.47. The van der Waals surface area contributed by atoms with Gasteiger partial charge in [0.05, 0.1) is 17.0 Å². The number of anilines is 1. The summed E-state index contributed by atoms with van der Waals surface area (Å²) in [5.74, 6) is -1.54. The molecule has 2 heterocycles. The Labute approximate surface area is 182 Å². The topological polar surface area (TPSA) is 68.9 Å². The number of nitrogens with one attached hydrogen (secondary N) is 1. The fraction of sp³-hybridized carbons (Fsp3) is 0.381. The number of aryl methyl sites for hydroxylation is 1. The lowest BCUT2D eigenvalue weighted by atomic mass is 10.0. The van der Waals surface area contributed by atoms with Crippen molar-refractivity contribution in [2.45, 2.75) is 43.9 Å². The quantitative estimate of drug-likeness (QED) is 0.566. The lowest BCUT2D eigenvalue weighted by molar-refractivity contribution is -0.140. The highest BCUT2D eigenvalue weighted by atomic mass is 19.4. The minimum Gasteiger partial charge on any atom is -0.361 e. The summed E-state index contributed by atoms with van der Waals surface area (Å²) < 4.78 is 82.8. The molecule has 1 fully saturated rings. The highest BCUT2D eigenvalue weighted by molar-refractivity contribution is 5.90. The Hall–Kier alpha value is -3.31. The molecule has 12 heteroatoms. The Balaban J connectivity index is 1.84. The van der Waals surface area contributed by atoms with Gasteiger partial charge in [-0.2, -0.15) is 18.3 Å². The summed E-state index contributed by atoms with van der Waals surface area (Å²) in [7, 11) is 1.29. The van der Waals surface area contributed by atoms with Gasteiger partial charge in [0.1, 0.15) is 11.4 Å². The summed E-state index contributed by atoms with van der Waals surface area (Å²) in [6, 6.07) is 2.72. The third-order valence-corrected chi connectivity index (χ3v) is 5.89. The standard InChI is InChI=1S/C21H18F6N4O2/c1-10(11-4-3-5-14(16(11)22)21(25,26)27)28-17-13-9-31(20(6-7-20)19(23)24)15(32)8-12(13)18(33)30(2)29-17/h3-5,8-10,19H,6-7H2,1-2H3,(H,28,29)/t10-/m1/s1. The van der Waals surface area contributed by atoms with Crippen molar-refractivity contribution in [1.82, 2.24) is 14.3 Å². The van der Waals surface area contributed by atoms with Gasteiger partial charge in [0.15, 0.2) is 5.82 Å². The molecule has 4 rings (SSSR count). The number of pyridine rings is 1. The van der Waals surface area contributed by atoms with Crippen LogP contribution in [0.2, 0.25) is 0 Å². The molecule has 0 amide bonds. The molecule has 1 aliphatic carbocycles. The number of fused-ring (bicyclic) bond motifs is 1. The maximum Gasteiger partial charge on any atom is 0.419 e. The number of nitrogens with zero attached hydrogens (tertiary/aromatic N) is 3. The number of hydrogen-bond donors (Lipinski definition) is 1. The van der Waals surface area contributed by atoms with Crippen LogP contribution in [0.3, 0.4) is 0 Å². The predicted molar refractivity (Wildman–Crippen MR) is 108 cm³/mol. The first-order chi connectivity index (χ1) is 15.4. The van der Waals surface area contributed by atoms with Crippen LogP contribution in [-0.4, -0.2) is 20.8 Å². The lowest BCUT2D eigenvalue weighted by Crippen LogP contribution is -2.36. The summed E-state index contributed by atoms with van der Waals surface area (Å²) >= 11 is 0. The first-order valence-corrected chi connectivity index (χ1v) is 9.91. The summed E-state index contributed by atoms with van der Waals surface area (Å²) in [5.41, 5.74) is -4.88. The lowest BCUT2D eigenvalue weighted by Gasteiger charge is -2.21. The van der Waals surface area contributed by atoms with E-state index in [1.807, 2.05) is 0 Å². The van der Waals surface area contributed by atoms with Crippen LogP contribution in [0.15, 0.2) is 40.1 Å². The van der Waals surface area contributed by atoms with Crippen LogP contribution in [0.25, 0.3) is 10.8 Å². The highest BCUT2D eigenvalue weighted by Gasteiger charge is 2.53. The molecular weight excluding hydrogens is 454 g/mol. The average molecular weight is 472 g/mol. The Morgan fingerprint density at radius 1 is 1.15 bits per heavy atom. The second kappa shape index (κ2) is 7.63. The molecule has 0 bridgehead atoms. The van der Waals surface area contributed by atoms with Gasteiger partial charge in [-0.1, -0.05) is 12.1 Å². The van der Waals surface area contributed by atoms with Crippen molar-refractivity contribution < 1.29 is 26.3 Å². The van der Waals surface area contributed by atoms with E-state index in [1.165, 1.54) is 14.0 Å². The van der Waals surface area contributed by atoms with E-state index >= 15 is 0 Å². The summed E-state index contributed by atoms with van der Waals surface area (Å²) in [4.78, 5) is 25.0. The third-order valence-electron chi connectivity index (χ3n) is 5.89. The van der Waals surface area contributed by atoms with Crippen LogP contribution in [0.1, 0.15) is 36.9 Å². The molecule has 0 radical (unpaired) electrons. The molecule has 0 saturated heterocycles. The highest BCUT2D eigenvalue weighted by Crippen LogP contribution is 2.48. The summed E-state index contributed by atoms with van der Waals surface area (Å²) in [5, 5.41) is 6.69. The van der Waals surface area contributed by atoms with Gasteiger partial charge >= 0.3 is 6.18 Å². The van der Waals surface area contributed by atoms with Gasteiger partial charge in [0.2, 0.25) is 0 Å². The zero-order chi connectivity index (χ0) is 24.3. The molecule has 3 aromatic rings. The van der Waals surface area contributed by atoms with Crippen molar-refractivity contribution in [3.8, 4) is 0 Å². The minimum absolute atomic E-state index is 0.0175. The molecule has 0 spiro atoms. The number of alkyl halides is 5. The molecular formula is C21H18F6N4O2. The van der Waals surface area contributed by atoms with Crippen LogP contribution in [-0.2, 0) is 18.8 Å². The Morgan fingerprint density at radius 3 is 2.39 bits per heavy atom. The molecule has 1 aromatic carbocycles. The molecule has 0 unspecified atom stereocenters. The first-order valence-electron chi connectivity index (χ1n) is 9.91. The Morgan fingerprint density at radius 2 is 1.82 bits per heavy atom. The molecule has 1 atom stereocenters. The van der Waals surface area contributed by atoms with Crippen LogP contribution in [0.4, 0.5) is 32.2 Å². The van der Waals surface area contributed by atoms with E-state index in [9.17, 15) is 35.9 Å². The Kier molecular flexibility index (Phi) is 5.29. The number of halogens is 6. The van der Waals surface area contributed by atoms with Crippen LogP contribution in [0.5, 0.6) is 0 Å². The molecule has 1 N–H and O–H groups in total. The molecule has 0 aliphatic heterocycles. The molecule has 33 heavy (non-hydrogen) atoms. The van der Waals surface area contributed by atoms with Gasteiger partial charge in [0.25, 0.3) is 17.5 Å². The van der Waals surface area contributed by atoms with Crippen LogP contribution >= 0.6 is 0 Å². The van der Waals surface area contributed by atoms with Crippen molar-refractivity contribution in [2.24, 2.45) is 7.05 Å². The van der Waals surface area contributed by atoms with E-state index < -0.39 is 46.7 Å². The van der Waals surface area contributed by atoms with Gasteiger partial charge in [-0.25, -0.2) is 17.9 Å². The monoisotopic (exact) mass is 472 g/mol. The molecule has 176 valence electrons. The van der Waals surface area contributed by atoms with Gasteiger partial charge in [-0.05, 0) is 25.8 Å². The second-order valence-electron chi connectivity index (χ2n) is 8.06. The van der Waals surface area contributed by atoms with Gasteiger partial charge < -0.3 is 9.88 Å². The van der Waals surface area contributed by atoms with Crippen LogP contribution < -0.4 is 16.4 Å². The van der Waals surface area contributed by atoms with Crippen molar-refractivity contribution in [2.75, 3.05) is 5.32 Å². The Bertz CT molecular complexity index is 1360. The molecule has 2 aromatic heterocycles. The first kappa shape index (κ1) is 22.9. The number of benzene rings is 1. The van der Waals surface area contributed by atoms with Gasteiger partial charge in [-0.3, -0.25) is 9.59 Å². The normalized spacial score (nSPS) is 16.3. The molecule has 6 nitrogen and oxygen atoms in total. The number of aromatic nitrogens is 3. The zero-order valence-electron chi connectivity index (χ0n) is 17.4. The van der Waals surface area contributed by atoms with E-state index in [-0.39, 0.29) is 35.0 Å². The van der Waals surface area contributed by atoms with Gasteiger partial charge in [-0.15, -0.1) is 0 Å². The average Bonchev–Trinajstić information content (AvgIpc) is 3.52. The second-order valence-corrected chi connectivity index (χ2v) is 8.06. The van der Waals surface area contributed by atoms with Crippen molar-refractivity contribution in [3.05, 3.63) is 68.1 Å². The fourth-order valence-electron chi connectivity index (χ4n) is 3.86. The van der Waals surface area contributed by atoms with Gasteiger partial charge in [0, 0.05) is 30.3 Å². The van der Waals surface area contributed by atoms with Crippen molar-refractivity contribution in [1.29, 1.82) is 0 Å². The molecule has 1 aliphatic rings. The minimum atomic E-state index is -4.90. The maximum absolute atomic E-state index is 14.6. The maximum atomic E-state index is 14.6. The molecule has 1 saturated carbocycles. The van der Waals surface area contributed by atoms with E-state index in [2.05, 4.69) is 10.4 Å². The number of rotatable bonds is 5. The predicted octanol–water partition coefficient (Wildman–Crippen LogP) is 4.18.